The van der Waals surface area contributed by atoms with Gasteiger partial charge in [-0.2, -0.15) is 0 Å². The van der Waals surface area contributed by atoms with E-state index in [1.54, 1.807) is 24.3 Å². The van der Waals surface area contributed by atoms with Gasteiger partial charge in [-0.15, -0.1) is 0 Å². The molecule has 3 aromatic carbocycles. The fourth-order valence-corrected chi connectivity index (χ4v) is 5.02. The van der Waals surface area contributed by atoms with Crippen LogP contribution in [-0.4, -0.2) is 57.1 Å². The molecule has 0 aliphatic heterocycles. The summed E-state index contributed by atoms with van der Waals surface area (Å²) in [5.74, 6) is -1.06. The molecule has 40 heavy (non-hydrogen) atoms. The molecule has 0 aliphatic rings. The number of anilines is 1. The number of benzene rings is 3. The Morgan fingerprint density at radius 2 is 1.60 bits per heavy atom. The molecular weight excluding hydrogens is 533 g/mol. The monoisotopic (exact) mass is 569 g/mol. The third kappa shape index (κ3) is 8.29. The van der Waals surface area contributed by atoms with E-state index < -0.39 is 40.2 Å². The van der Waals surface area contributed by atoms with Gasteiger partial charge in [0.15, 0.2) is 0 Å². The lowest BCUT2D eigenvalue weighted by Gasteiger charge is -2.34. The number of amides is 2. The average molecular weight is 570 g/mol. The van der Waals surface area contributed by atoms with E-state index in [0.29, 0.717) is 12.2 Å². The molecule has 0 saturated carbocycles. The predicted molar refractivity (Wildman–Crippen MR) is 154 cm³/mol. The Morgan fingerprint density at radius 1 is 0.975 bits per heavy atom. The van der Waals surface area contributed by atoms with Gasteiger partial charge in [-0.25, -0.2) is 12.8 Å². The minimum absolute atomic E-state index is 0.157. The molecule has 0 aromatic heterocycles. The topological polar surface area (TPSA) is 96.0 Å². The van der Waals surface area contributed by atoms with Crippen molar-refractivity contribution in [2.75, 3.05) is 24.2 Å². The maximum Gasteiger partial charge on any atom is 0.244 e. The van der Waals surface area contributed by atoms with E-state index in [-0.39, 0.29) is 30.3 Å². The van der Waals surface area contributed by atoms with E-state index >= 15 is 0 Å². The smallest absolute Gasteiger partial charge is 0.244 e. The summed E-state index contributed by atoms with van der Waals surface area (Å²) in [5, 5.41) is 2.94. The Hall–Kier alpha value is -3.92. The van der Waals surface area contributed by atoms with Crippen LogP contribution < -0.4 is 14.4 Å². The number of sulfonamides is 1. The highest BCUT2D eigenvalue weighted by Crippen LogP contribution is 2.23. The first kappa shape index (κ1) is 30.6. The number of rotatable bonds is 13. The largest absolute Gasteiger partial charge is 0.497 e. The fraction of sp³-hybridized carbons (Fsp3) is 0.333. The van der Waals surface area contributed by atoms with Crippen molar-refractivity contribution in [3.8, 4) is 5.75 Å². The lowest BCUT2D eigenvalue weighted by Crippen LogP contribution is -2.54. The Morgan fingerprint density at radius 3 is 2.17 bits per heavy atom. The van der Waals surface area contributed by atoms with Gasteiger partial charge in [0.25, 0.3) is 0 Å². The zero-order valence-electron chi connectivity index (χ0n) is 23.2. The van der Waals surface area contributed by atoms with Crippen LogP contribution in [0.2, 0.25) is 0 Å². The van der Waals surface area contributed by atoms with Crippen LogP contribution in [0.5, 0.6) is 5.75 Å². The normalized spacial score (nSPS) is 12.7. The molecule has 214 valence electrons. The number of nitrogens with zero attached hydrogens (tertiary/aromatic N) is 2. The lowest BCUT2D eigenvalue weighted by atomic mass is 10.0. The number of nitrogens with one attached hydrogen (secondary N) is 1. The minimum Gasteiger partial charge on any atom is -0.497 e. The Bertz CT molecular complexity index is 1380. The van der Waals surface area contributed by atoms with Crippen LogP contribution in [0.3, 0.4) is 0 Å². The van der Waals surface area contributed by atoms with E-state index in [0.717, 1.165) is 16.1 Å². The van der Waals surface area contributed by atoms with Gasteiger partial charge in [0.05, 0.1) is 19.1 Å². The third-order valence-corrected chi connectivity index (χ3v) is 7.75. The number of methoxy groups -OCH3 is 1. The maximum atomic E-state index is 14.8. The van der Waals surface area contributed by atoms with Gasteiger partial charge in [0, 0.05) is 24.6 Å². The van der Waals surface area contributed by atoms with E-state index in [1.807, 2.05) is 44.2 Å². The highest BCUT2D eigenvalue weighted by Gasteiger charge is 2.33. The van der Waals surface area contributed by atoms with Gasteiger partial charge in [-0.05, 0) is 49.2 Å². The van der Waals surface area contributed by atoms with E-state index in [4.69, 9.17) is 4.74 Å². The van der Waals surface area contributed by atoms with Crippen molar-refractivity contribution < 1.29 is 27.1 Å². The minimum atomic E-state index is -3.90. The molecule has 3 rings (SSSR count). The zero-order chi connectivity index (χ0) is 29.3. The van der Waals surface area contributed by atoms with Gasteiger partial charge in [-0.3, -0.25) is 13.9 Å². The van der Waals surface area contributed by atoms with Crippen molar-refractivity contribution in [3.63, 3.8) is 0 Å². The number of hydrogen-bond donors (Lipinski definition) is 1. The summed E-state index contributed by atoms with van der Waals surface area (Å²) < 4.78 is 46.6. The molecule has 0 fully saturated rings. The third-order valence-electron chi connectivity index (χ3n) is 6.61. The van der Waals surface area contributed by atoms with Crippen LogP contribution in [0, 0.1) is 5.82 Å². The van der Waals surface area contributed by atoms with Crippen LogP contribution in [-0.2, 0) is 32.6 Å². The number of carbonyl (C=O) groups excluding carboxylic acids is 2. The van der Waals surface area contributed by atoms with Crippen LogP contribution in [0.15, 0.2) is 78.9 Å². The second-order valence-electron chi connectivity index (χ2n) is 9.60. The molecule has 0 spiro atoms. The molecule has 0 aliphatic carbocycles. The van der Waals surface area contributed by atoms with E-state index in [1.165, 1.54) is 36.3 Å². The van der Waals surface area contributed by atoms with Crippen LogP contribution in [0.25, 0.3) is 0 Å². The van der Waals surface area contributed by atoms with Crippen molar-refractivity contribution in [2.45, 2.75) is 45.3 Å². The standard InChI is InChI=1S/C30H36FN3O5S/c1-5-22(2)32-30(36)28(19-23-11-7-6-8-12-23)33(20-24-13-9-10-14-27(24)31)29(35)21-34(40(4,37)38)25-15-17-26(39-3)18-16-25/h6-18,22,28H,5,19-21H2,1-4H3,(H,32,36)/t22-,28+/m1/s1. The molecular formula is C30H36FN3O5S. The summed E-state index contributed by atoms with van der Waals surface area (Å²) in [6.07, 6.45) is 1.83. The van der Waals surface area contributed by atoms with Crippen LogP contribution in [0.1, 0.15) is 31.4 Å². The molecule has 0 unspecified atom stereocenters. The highest BCUT2D eigenvalue weighted by molar-refractivity contribution is 7.92. The summed E-state index contributed by atoms with van der Waals surface area (Å²) in [7, 11) is -2.41. The molecule has 0 radical (unpaired) electrons. The van der Waals surface area contributed by atoms with Crippen molar-refractivity contribution in [1.29, 1.82) is 0 Å². The molecule has 3 aromatic rings. The van der Waals surface area contributed by atoms with Gasteiger partial charge in [-0.1, -0.05) is 55.5 Å². The Kier molecular flexibility index (Phi) is 10.7. The molecule has 0 heterocycles. The first-order valence-corrected chi connectivity index (χ1v) is 14.9. The zero-order valence-corrected chi connectivity index (χ0v) is 24.0. The SMILES string of the molecule is CC[C@@H](C)NC(=O)[C@H](Cc1ccccc1)N(Cc1ccccc1F)C(=O)CN(c1ccc(OC)cc1)S(C)(=O)=O. The number of hydrogen-bond acceptors (Lipinski definition) is 5. The number of halogens is 1. The fourth-order valence-electron chi connectivity index (χ4n) is 4.17. The quantitative estimate of drug-likeness (QED) is 0.334. The Balaban J connectivity index is 2.06. The van der Waals surface area contributed by atoms with Gasteiger partial charge >= 0.3 is 0 Å². The van der Waals surface area contributed by atoms with Crippen molar-refractivity contribution in [1.82, 2.24) is 10.2 Å². The maximum absolute atomic E-state index is 14.8. The average Bonchev–Trinajstić information content (AvgIpc) is 2.94. The summed E-state index contributed by atoms with van der Waals surface area (Å²) in [4.78, 5) is 28.9. The first-order chi connectivity index (χ1) is 19.0. The first-order valence-electron chi connectivity index (χ1n) is 13.0. The van der Waals surface area contributed by atoms with Gasteiger partial charge < -0.3 is 15.0 Å². The summed E-state index contributed by atoms with van der Waals surface area (Å²) in [5.41, 5.74) is 1.26. The number of carbonyl (C=O) groups is 2. The molecule has 0 saturated heterocycles. The summed E-state index contributed by atoms with van der Waals surface area (Å²) in [6.45, 7) is 2.98. The van der Waals surface area contributed by atoms with Crippen molar-refractivity contribution in [2.24, 2.45) is 0 Å². The van der Waals surface area contributed by atoms with Crippen LogP contribution >= 0.6 is 0 Å². The van der Waals surface area contributed by atoms with E-state index in [2.05, 4.69) is 5.32 Å². The Labute approximate surface area is 235 Å². The summed E-state index contributed by atoms with van der Waals surface area (Å²) >= 11 is 0. The molecule has 1 N–H and O–H groups in total. The highest BCUT2D eigenvalue weighted by atomic mass is 32.2. The van der Waals surface area contributed by atoms with E-state index in [9.17, 15) is 22.4 Å². The molecule has 2 amide bonds. The van der Waals surface area contributed by atoms with Gasteiger partial charge in [0.2, 0.25) is 21.8 Å². The summed E-state index contributed by atoms with van der Waals surface area (Å²) in [6, 6.07) is 20.3. The second kappa shape index (κ2) is 13.9. The van der Waals surface area contributed by atoms with Crippen LogP contribution in [0.4, 0.5) is 10.1 Å². The molecule has 10 heteroatoms. The predicted octanol–water partition coefficient (Wildman–Crippen LogP) is 4.16. The molecule has 0 bridgehead atoms. The molecule has 8 nitrogen and oxygen atoms in total. The van der Waals surface area contributed by atoms with Gasteiger partial charge in [0.1, 0.15) is 24.2 Å². The molecule has 2 atom stereocenters. The second-order valence-corrected chi connectivity index (χ2v) is 11.5. The number of ether oxygens (including phenoxy) is 1. The van der Waals surface area contributed by atoms with Crippen molar-refractivity contribution >= 4 is 27.5 Å². The lowest BCUT2D eigenvalue weighted by molar-refractivity contribution is -0.140. The van der Waals surface area contributed by atoms with Crippen molar-refractivity contribution in [3.05, 3.63) is 95.8 Å².